The first-order valence-corrected chi connectivity index (χ1v) is 12.7. The Labute approximate surface area is 225 Å². The molecule has 39 heavy (non-hydrogen) atoms. The second-order valence-corrected chi connectivity index (χ2v) is 10.4. The summed E-state index contributed by atoms with van der Waals surface area (Å²) in [5.41, 5.74) is 4.46. The fourth-order valence-corrected chi connectivity index (χ4v) is 4.89. The Morgan fingerprint density at radius 2 is 1.62 bits per heavy atom. The fraction of sp³-hybridized carbons (Fsp3) is 0.267. The monoisotopic (exact) mass is 527 g/mol. The van der Waals surface area contributed by atoms with Crippen LogP contribution in [0.25, 0.3) is 16.8 Å². The van der Waals surface area contributed by atoms with E-state index in [1.54, 1.807) is 43.4 Å². The Hall–Kier alpha value is -4.66. The molecular weight excluding hydrogens is 498 g/mol. The number of hydrogen-bond acceptors (Lipinski definition) is 6. The van der Waals surface area contributed by atoms with E-state index < -0.39 is 29.7 Å². The van der Waals surface area contributed by atoms with Gasteiger partial charge in [-0.25, -0.2) is 19.4 Å². The lowest BCUT2D eigenvalue weighted by Gasteiger charge is -2.25. The van der Waals surface area contributed by atoms with Crippen molar-refractivity contribution in [1.82, 2.24) is 14.7 Å². The van der Waals surface area contributed by atoms with Crippen LogP contribution in [0, 0.1) is 0 Å². The van der Waals surface area contributed by atoms with Gasteiger partial charge in [-0.05, 0) is 55.2 Å². The Kier molecular flexibility index (Phi) is 6.82. The lowest BCUT2D eigenvalue weighted by molar-refractivity contribution is -0.157. The number of nitrogens with one attached hydrogen (secondary N) is 1. The third-order valence-electron chi connectivity index (χ3n) is 6.54. The summed E-state index contributed by atoms with van der Waals surface area (Å²) >= 11 is 0. The minimum absolute atomic E-state index is 0.0336. The average molecular weight is 528 g/mol. The first kappa shape index (κ1) is 26.0. The van der Waals surface area contributed by atoms with Crippen molar-refractivity contribution in [3.8, 4) is 11.1 Å². The SMILES string of the molecule is CC(C)(C)OC(=O)C(Cc1cccc2nc(C(=O)O)cn12)NC(=O)OCC1c2ccccc2-c2ccccc21. The number of pyridine rings is 1. The van der Waals surface area contributed by atoms with Crippen LogP contribution in [0.5, 0.6) is 0 Å². The lowest BCUT2D eigenvalue weighted by atomic mass is 9.98. The molecule has 0 radical (unpaired) electrons. The van der Waals surface area contributed by atoms with Gasteiger partial charge in [0, 0.05) is 24.2 Å². The topological polar surface area (TPSA) is 119 Å². The molecule has 0 fully saturated rings. The third-order valence-corrected chi connectivity index (χ3v) is 6.54. The minimum Gasteiger partial charge on any atom is -0.476 e. The van der Waals surface area contributed by atoms with E-state index in [2.05, 4.69) is 22.4 Å². The van der Waals surface area contributed by atoms with E-state index in [0.29, 0.717) is 11.3 Å². The number of amides is 1. The number of carbonyl (C=O) groups is 3. The zero-order valence-corrected chi connectivity index (χ0v) is 21.9. The van der Waals surface area contributed by atoms with Gasteiger partial charge >= 0.3 is 18.0 Å². The van der Waals surface area contributed by atoms with Crippen LogP contribution in [0.15, 0.2) is 72.9 Å². The molecule has 0 spiro atoms. The molecule has 1 amide bonds. The molecule has 9 heteroatoms. The number of carbonyl (C=O) groups excluding carboxylic acids is 2. The van der Waals surface area contributed by atoms with Gasteiger partial charge < -0.3 is 24.3 Å². The summed E-state index contributed by atoms with van der Waals surface area (Å²) in [4.78, 5) is 41.7. The van der Waals surface area contributed by atoms with Gasteiger partial charge in [-0.3, -0.25) is 0 Å². The number of rotatable bonds is 7. The Bertz CT molecular complexity index is 1520. The quantitative estimate of drug-likeness (QED) is 0.331. The molecule has 1 atom stereocenters. The predicted octanol–water partition coefficient (Wildman–Crippen LogP) is 4.82. The van der Waals surface area contributed by atoms with Crippen molar-refractivity contribution >= 4 is 23.7 Å². The van der Waals surface area contributed by atoms with Crippen molar-refractivity contribution in [3.63, 3.8) is 0 Å². The van der Waals surface area contributed by atoms with Crippen molar-refractivity contribution in [2.24, 2.45) is 0 Å². The Morgan fingerprint density at radius 3 is 2.23 bits per heavy atom. The maximum absolute atomic E-state index is 13.1. The van der Waals surface area contributed by atoms with Gasteiger partial charge in [-0.15, -0.1) is 0 Å². The highest BCUT2D eigenvalue weighted by Gasteiger charge is 2.31. The first-order chi connectivity index (χ1) is 18.6. The normalized spacial score (nSPS) is 13.4. The predicted molar refractivity (Wildman–Crippen MR) is 144 cm³/mol. The number of aromatic nitrogens is 2. The average Bonchev–Trinajstić information content (AvgIpc) is 3.47. The minimum atomic E-state index is -1.16. The number of imidazole rings is 1. The number of benzene rings is 2. The van der Waals surface area contributed by atoms with Crippen molar-refractivity contribution < 1.29 is 29.0 Å². The van der Waals surface area contributed by atoms with Crippen LogP contribution < -0.4 is 5.32 Å². The highest BCUT2D eigenvalue weighted by molar-refractivity contribution is 5.86. The van der Waals surface area contributed by atoms with Gasteiger partial charge in [0.05, 0.1) is 0 Å². The van der Waals surface area contributed by atoms with Gasteiger partial charge in [0.25, 0.3) is 0 Å². The maximum Gasteiger partial charge on any atom is 0.407 e. The van der Waals surface area contributed by atoms with E-state index in [1.165, 1.54) is 6.20 Å². The summed E-state index contributed by atoms with van der Waals surface area (Å²) in [7, 11) is 0. The summed E-state index contributed by atoms with van der Waals surface area (Å²) in [6, 6.07) is 20.1. The Balaban J connectivity index is 1.35. The van der Waals surface area contributed by atoms with E-state index in [9.17, 15) is 19.5 Å². The number of nitrogens with zero attached hydrogens (tertiary/aromatic N) is 2. The molecule has 0 bridgehead atoms. The van der Waals surface area contributed by atoms with Gasteiger partial charge in [0.2, 0.25) is 0 Å². The number of fused-ring (bicyclic) bond motifs is 4. The number of carboxylic acid groups (broad SMARTS) is 1. The number of aromatic carboxylic acids is 1. The number of hydrogen-bond donors (Lipinski definition) is 2. The molecule has 1 aliphatic rings. The smallest absolute Gasteiger partial charge is 0.407 e. The van der Waals surface area contributed by atoms with E-state index >= 15 is 0 Å². The fourth-order valence-electron chi connectivity index (χ4n) is 4.89. The summed E-state index contributed by atoms with van der Waals surface area (Å²) < 4.78 is 12.8. The summed E-state index contributed by atoms with van der Waals surface area (Å²) in [6.45, 7) is 5.32. The molecule has 9 nitrogen and oxygen atoms in total. The van der Waals surface area contributed by atoms with Crippen LogP contribution in [0.2, 0.25) is 0 Å². The van der Waals surface area contributed by atoms with Gasteiger partial charge in [-0.2, -0.15) is 0 Å². The highest BCUT2D eigenvalue weighted by atomic mass is 16.6. The molecule has 0 aliphatic heterocycles. The van der Waals surface area contributed by atoms with Crippen molar-refractivity contribution in [2.75, 3.05) is 6.61 Å². The molecule has 1 aliphatic carbocycles. The van der Waals surface area contributed by atoms with E-state index in [4.69, 9.17) is 9.47 Å². The summed E-state index contributed by atoms with van der Waals surface area (Å²) in [5, 5.41) is 12.0. The second-order valence-electron chi connectivity index (χ2n) is 10.4. The van der Waals surface area contributed by atoms with Crippen molar-refractivity contribution in [2.45, 2.75) is 44.8 Å². The number of ether oxygens (including phenoxy) is 2. The molecule has 4 aromatic rings. The molecule has 2 aromatic carbocycles. The first-order valence-electron chi connectivity index (χ1n) is 12.7. The molecule has 2 N–H and O–H groups in total. The van der Waals surface area contributed by atoms with Crippen LogP contribution in [-0.2, 0) is 20.7 Å². The number of esters is 1. The molecule has 2 aromatic heterocycles. The molecule has 200 valence electrons. The van der Waals surface area contributed by atoms with Crippen LogP contribution in [0.1, 0.15) is 54.0 Å². The zero-order valence-electron chi connectivity index (χ0n) is 21.9. The third kappa shape index (κ3) is 5.47. The molecule has 0 saturated carbocycles. The van der Waals surface area contributed by atoms with E-state index in [1.807, 2.05) is 36.4 Å². The Morgan fingerprint density at radius 1 is 0.974 bits per heavy atom. The van der Waals surface area contributed by atoms with Crippen LogP contribution in [0.4, 0.5) is 4.79 Å². The molecule has 1 unspecified atom stereocenters. The molecule has 2 heterocycles. The van der Waals surface area contributed by atoms with Crippen LogP contribution in [0.3, 0.4) is 0 Å². The highest BCUT2D eigenvalue weighted by Crippen LogP contribution is 2.44. The van der Waals surface area contributed by atoms with Crippen LogP contribution >= 0.6 is 0 Å². The lowest BCUT2D eigenvalue weighted by Crippen LogP contribution is -2.46. The van der Waals surface area contributed by atoms with Crippen LogP contribution in [-0.4, -0.2) is 50.8 Å². The number of carboxylic acids is 1. The van der Waals surface area contributed by atoms with E-state index in [0.717, 1.165) is 22.3 Å². The zero-order chi connectivity index (χ0) is 27.7. The molecule has 5 rings (SSSR count). The maximum atomic E-state index is 13.1. The summed E-state index contributed by atoms with van der Waals surface area (Å²) in [6.07, 6.45) is 0.662. The van der Waals surface area contributed by atoms with Crippen molar-refractivity contribution in [3.05, 3.63) is 95.4 Å². The van der Waals surface area contributed by atoms with Gasteiger partial charge in [0.15, 0.2) is 5.69 Å². The number of alkyl carbamates (subject to hydrolysis) is 1. The van der Waals surface area contributed by atoms with E-state index in [-0.39, 0.29) is 24.6 Å². The molecular formula is C30H29N3O6. The van der Waals surface area contributed by atoms with Gasteiger partial charge in [0.1, 0.15) is 23.9 Å². The van der Waals surface area contributed by atoms with Crippen molar-refractivity contribution in [1.29, 1.82) is 0 Å². The summed E-state index contributed by atoms with van der Waals surface area (Å²) in [5.74, 6) is -1.92. The second kappa shape index (κ2) is 10.2. The largest absolute Gasteiger partial charge is 0.476 e. The van der Waals surface area contributed by atoms with Gasteiger partial charge in [-0.1, -0.05) is 54.6 Å². The molecule has 0 saturated heterocycles. The standard InChI is InChI=1S/C30H29N3O6/c1-30(2,3)39-28(36)24(15-18-9-8-14-26-31-25(27(34)35)16-33(18)26)32-29(37)38-17-23-21-12-6-4-10-19(21)20-11-5-7-13-22(20)23/h4-14,16,23-24H,15,17H2,1-3H3,(H,32,37)(H,34,35).